The Morgan fingerprint density at radius 1 is 1.40 bits per heavy atom. The molecule has 0 aromatic carbocycles. The smallest absolute Gasteiger partial charge is 0.305 e. The average Bonchev–Trinajstić information content (AvgIpc) is 2.42. The summed E-state index contributed by atoms with van der Waals surface area (Å²) in [5, 5.41) is 0. The van der Waals surface area contributed by atoms with E-state index in [1.165, 1.54) is 11.1 Å². The minimum absolute atomic E-state index is 0.105. The zero-order valence-electron chi connectivity index (χ0n) is 13.0. The maximum atomic E-state index is 11.7. The van der Waals surface area contributed by atoms with Gasteiger partial charge >= 0.3 is 5.97 Å². The zero-order chi connectivity index (χ0) is 14.9. The minimum Gasteiger partial charge on any atom is -0.459 e. The van der Waals surface area contributed by atoms with Crippen LogP contribution in [0.4, 0.5) is 0 Å². The predicted molar refractivity (Wildman–Crippen MR) is 79.2 cm³/mol. The van der Waals surface area contributed by atoms with Gasteiger partial charge in [0.1, 0.15) is 12.2 Å². The normalized spacial score (nSPS) is 36.0. The molecule has 0 fully saturated rings. The average molecular weight is 276 g/mol. The van der Waals surface area contributed by atoms with Gasteiger partial charge in [-0.25, -0.2) is 0 Å². The molecule has 3 heteroatoms. The van der Waals surface area contributed by atoms with Crippen molar-refractivity contribution >= 4 is 5.97 Å². The molecule has 0 spiro atoms. The molecule has 0 saturated carbocycles. The van der Waals surface area contributed by atoms with Gasteiger partial charge in [0.25, 0.3) is 0 Å². The molecule has 110 valence electrons. The summed E-state index contributed by atoms with van der Waals surface area (Å²) in [5.74, 6) is -0.000692. The number of carbonyl (C=O) groups is 1. The van der Waals surface area contributed by atoms with E-state index in [2.05, 4.69) is 45.1 Å². The zero-order valence-corrected chi connectivity index (χ0v) is 13.0. The number of esters is 1. The van der Waals surface area contributed by atoms with Crippen molar-refractivity contribution in [1.82, 2.24) is 0 Å². The summed E-state index contributed by atoms with van der Waals surface area (Å²) in [5.41, 5.74) is 2.38. The second-order valence-corrected chi connectivity index (χ2v) is 5.92. The van der Waals surface area contributed by atoms with Crippen molar-refractivity contribution in [2.75, 3.05) is 7.11 Å². The Kier molecular flexibility index (Phi) is 4.19. The standard InChI is InChI=1S/C17H24O3/c1-6-15(18)20-16-12(3)17(4)10-11(2)7-8-13(17)9-14(16)19-5/h7-10,12,14,16H,6H2,1-5H3/t12-,14-,16+,17+/m0/s1. The fraction of sp³-hybridized carbons (Fsp3) is 0.588. The summed E-state index contributed by atoms with van der Waals surface area (Å²) in [7, 11) is 1.66. The van der Waals surface area contributed by atoms with E-state index >= 15 is 0 Å². The molecule has 20 heavy (non-hydrogen) atoms. The third-order valence-corrected chi connectivity index (χ3v) is 4.61. The molecule has 0 amide bonds. The fourth-order valence-corrected chi connectivity index (χ4v) is 3.14. The highest BCUT2D eigenvalue weighted by Gasteiger charge is 2.46. The number of fused-ring (bicyclic) bond motifs is 1. The molecule has 0 bridgehead atoms. The van der Waals surface area contributed by atoms with Crippen molar-refractivity contribution in [2.24, 2.45) is 11.3 Å². The Bertz CT molecular complexity index is 486. The van der Waals surface area contributed by atoms with Crippen LogP contribution >= 0.6 is 0 Å². The molecule has 0 saturated heterocycles. The lowest BCUT2D eigenvalue weighted by Gasteiger charge is -2.46. The van der Waals surface area contributed by atoms with E-state index in [9.17, 15) is 4.79 Å². The molecule has 3 nitrogen and oxygen atoms in total. The molecule has 2 aliphatic carbocycles. The van der Waals surface area contributed by atoms with Gasteiger partial charge < -0.3 is 9.47 Å². The predicted octanol–water partition coefficient (Wildman–Crippen LogP) is 3.42. The van der Waals surface area contributed by atoms with Gasteiger partial charge in [-0.3, -0.25) is 4.79 Å². The number of hydrogen-bond donors (Lipinski definition) is 0. The Labute approximate surface area is 121 Å². The topological polar surface area (TPSA) is 35.5 Å². The van der Waals surface area contributed by atoms with Crippen LogP contribution in [-0.4, -0.2) is 25.3 Å². The molecule has 0 aromatic heterocycles. The van der Waals surface area contributed by atoms with E-state index in [1.54, 1.807) is 7.11 Å². The molecule has 2 rings (SSSR count). The third kappa shape index (κ3) is 2.47. The van der Waals surface area contributed by atoms with Gasteiger partial charge in [-0.1, -0.05) is 44.6 Å². The van der Waals surface area contributed by atoms with Crippen LogP contribution in [-0.2, 0) is 14.3 Å². The van der Waals surface area contributed by atoms with Gasteiger partial charge in [0.05, 0.1) is 0 Å². The molecule has 0 aliphatic heterocycles. The molecular formula is C17H24O3. The van der Waals surface area contributed by atoms with Crippen LogP contribution in [0.3, 0.4) is 0 Å². The van der Waals surface area contributed by atoms with E-state index in [4.69, 9.17) is 9.47 Å². The van der Waals surface area contributed by atoms with Crippen molar-refractivity contribution in [3.63, 3.8) is 0 Å². The highest BCUT2D eigenvalue weighted by Crippen LogP contribution is 2.47. The van der Waals surface area contributed by atoms with Crippen molar-refractivity contribution < 1.29 is 14.3 Å². The summed E-state index contributed by atoms with van der Waals surface area (Å²) in [6.07, 6.45) is 8.59. The summed E-state index contributed by atoms with van der Waals surface area (Å²) in [6.45, 7) is 8.25. The fourth-order valence-electron chi connectivity index (χ4n) is 3.14. The largest absolute Gasteiger partial charge is 0.459 e. The second-order valence-electron chi connectivity index (χ2n) is 5.92. The molecule has 0 N–H and O–H groups in total. The highest BCUT2D eigenvalue weighted by molar-refractivity contribution is 5.69. The van der Waals surface area contributed by atoms with Gasteiger partial charge in [-0.15, -0.1) is 0 Å². The van der Waals surface area contributed by atoms with E-state index in [0.29, 0.717) is 6.42 Å². The van der Waals surface area contributed by atoms with E-state index in [1.807, 2.05) is 6.92 Å². The summed E-state index contributed by atoms with van der Waals surface area (Å²) in [6, 6.07) is 0. The van der Waals surface area contributed by atoms with E-state index < -0.39 is 0 Å². The van der Waals surface area contributed by atoms with Crippen molar-refractivity contribution in [3.05, 3.63) is 35.5 Å². The first-order valence-electron chi connectivity index (χ1n) is 7.24. The molecule has 0 heterocycles. The van der Waals surface area contributed by atoms with Crippen molar-refractivity contribution in [1.29, 1.82) is 0 Å². The first-order valence-corrected chi connectivity index (χ1v) is 7.24. The van der Waals surface area contributed by atoms with Crippen LogP contribution < -0.4 is 0 Å². The Balaban J connectivity index is 2.39. The van der Waals surface area contributed by atoms with Gasteiger partial charge in [0.15, 0.2) is 0 Å². The Morgan fingerprint density at radius 2 is 2.10 bits per heavy atom. The maximum absolute atomic E-state index is 11.7. The second kappa shape index (κ2) is 5.57. The first kappa shape index (κ1) is 15.0. The van der Waals surface area contributed by atoms with Gasteiger partial charge in [0.2, 0.25) is 0 Å². The SMILES string of the molecule is CCC(=O)O[C@H]1[C@@H](OC)C=C2C=CC(C)=C[C@]2(C)[C@H]1C. The molecular weight excluding hydrogens is 252 g/mol. The van der Waals surface area contributed by atoms with E-state index in [-0.39, 0.29) is 29.5 Å². The Morgan fingerprint density at radius 3 is 2.70 bits per heavy atom. The minimum atomic E-state index is -0.239. The third-order valence-electron chi connectivity index (χ3n) is 4.61. The molecule has 0 radical (unpaired) electrons. The van der Waals surface area contributed by atoms with Crippen LogP contribution in [0.5, 0.6) is 0 Å². The summed E-state index contributed by atoms with van der Waals surface area (Å²) < 4.78 is 11.2. The van der Waals surface area contributed by atoms with Gasteiger partial charge in [0, 0.05) is 24.9 Å². The van der Waals surface area contributed by atoms with Crippen molar-refractivity contribution in [2.45, 2.75) is 46.3 Å². The lowest BCUT2D eigenvalue weighted by Crippen LogP contribution is -2.48. The monoisotopic (exact) mass is 276 g/mol. The van der Waals surface area contributed by atoms with Crippen molar-refractivity contribution in [3.8, 4) is 0 Å². The lowest BCUT2D eigenvalue weighted by atomic mass is 9.63. The quantitative estimate of drug-likeness (QED) is 0.741. The summed E-state index contributed by atoms with van der Waals surface area (Å²) in [4.78, 5) is 11.7. The number of carbonyl (C=O) groups excluding carboxylic acids is 1. The van der Waals surface area contributed by atoms with E-state index in [0.717, 1.165) is 0 Å². The number of allylic oxidation sites excluding steroid dienone is 5. The summed E-state index contributed by atoms with van der Waals surface area (Å²) >= 11 is 0. The molecule has 2 aliphatic rings. The van der Waals surface area contributed by atoms with Crippen LogP contribution in [0.1, 0.15) is 34.1 Å². The lowest BCUT2D eigenvalue weighted by molar-refractivity contribution is -0.161. The number of rotatable bonds is 3. The number of ether oxygens (including phenoxy) is 2. The van der Waals surface area contributed by atoms with Gasteiger partial charge in [-0.05, 0) is 18.6 Å². The van der Waals surface area contributed by atoms with Crippen LogP contribution in [0.2, 0.25) is 0 Å². The van der Waals surface area contributed by atoms with Crippen LogP contribution in [0, 0.1) is 11.3 Å². The molecule has 0 unspecified atom stereocenters. The molecule has 4 atom stereocenters. The number of methoxy groups -OCH3 is 1. The van der Waals surface area contributed by atoms with Gasteiger partial charge in [-0.2, -0.15) is 0 Å². The first-order chi connectivity index (χ1) is 9.42. The van der Waals surface area contributed by atoms with Crippen LogP contribution in [0.15, 0.2) is 35.5 Å². The van der Waals surface area contributed by atoms with Crippen LogP contribution in [0.25, 0.3) is 0 Å². The Hall–Kier alpha value is -1.35. The highest BCUT2D eigenvalue weighted by atomic mass is 16.6. The number of hydrogen-bond acceptors (Lipinski definition) is 3. The molecule has 0 aromatic rings. The maximum Gasteiger partial charge on any atom is 0.305 e.